The summed E-state index contributed by atoms with van der Waals surface area (Å²) >= 11 is 5.69. The van der Waals surface area contributed by atoms with Gasteiger partial charge in [0.05, 0.1) is 17.3 Å². The molecule has 1 N–H and O–H groups in total. The van der Waals surface area contributed by atoms with E-state index in [2.05, 4.69) is 19.2 Å². The zero-order valence-electron chi connectivity index (χ0n) is 8.73. The molecule has 82 valence electrons. The summed E-state index contributed by atoms with van der Waals surface area (Å²) in [6, 6.07) is 2.89. The summed E-state index contributed by atoms with van der Waals surface area (Å²) in [5, 5.41) is 3.25. The van der Waals surface area contributed by atoms with Crippen molar-refractivity contribution < 1.29 is 9.13 Å². The van der Waals surface area contributed by atoms with E-state index < -0.39 is 5.82 Å². The molecule has 2 rings (SSSR count). The van der Waals surface area contributed by atoms with Crippen LogP contribution in [0.25, 0.3) is 0 Å². The zero-order valence-corrected chi connectivity index (χ0v) is 9.49. The molecule has 0 aliphatic carbocycles. The van der Waals surface area contributed by atoms with E-state index >= 15 is 0 Å². The molecule has 4 heteroatoms. The van der Waals surface area contributed by atoms with Crippen LogP contribution in [0.1, 0.15) is 13.8 Å². The van der Waals surface area contributed by atoms with Crippen molar-refractivity contribution in [3.63, 3.8) is 0 Å². The molecule has 0 unspecified atom stereocenters. The number of ether oxygens (including phenoxy) is 1. The number of rotatable bonds is 0. The van der Waals surface area contributed by atoms with Crippen LogP contribution in [0, 0.1) is 11.2 Å². The van der Waals surface area contributed by atoms with Crippen molar-refractivity contribution in [1.29, 1.82) is 0 Å². The minimum atomic E-state index is -0.425. The lowest BCUT2D eigenvalue weighted by atomic mass is 9.95. The second kappa shape index (κ2) is 3.56. The van der Waals surface area contributed by atoms with Gasteiger partial charge in [0.2, 0.25) is 0 Å². The number of fused-ring (bicyclic) bond motifs is 1. The zero-order chi connectivity index (χ0) is 11.1. The number of halogens is 2. The van der Waals surface area contributed by atoms with Crippen LogP contribution in [0.2, 0.25) is 5.02 Å². The fourth-order valence-corrected chi connectivity index (χ4v) is 1.60. The third-order valence-electron chi connectivity index (χ3n) is 2.40. The summed E-state index contributed by atoms with van der Waals surface area (Å²) in [4.78, 5) is 0. The van der Waals surface area contributed by atoms with Crippen LogP contribution < -0.4 is 10.1 Å². The molecule has 1 aliphatic rings. The van der Waals surface area contributed by atoms with Gasteiger partial charge in [0, 0.05) is 24.1 Å². The Morgan fingerprint density at radius 3 is 2.93 bits per heavy atom. The maximum absolute atomic E-state index is 13.2. The summed E-state index contributed by atoms with van der Waals surface area (Å²) in [5.74, 6) is 0.193. The monoisotopic (exact) mass is 229 g/mol. The summed E-state index contributed by atoms with van der Waals surface area (Å²) in [5.41, 5.74) is 0.699. The number of hydrogen-bond acceptors (Lipinski definition) is 2. The van der Waals surface area contributed by atoms with Gasteiger partial charge in [-0.25, -0.2) is 4.39 Å². The van der Waals surface area contributed by atoms with Crippen molar-refractivity contribution in [3.05, 3.63) is 23.0 Å². The molecular weight excluding hydrogens is 217 g/mol. The third-order valence-corrected chi connectivity index (χ3v) is 2.69. The Labute approximate surface area is 93.4 Å². The van der Waals surface area contributed by atoms with E-state index in [0.717, 1.165) is 6.54 Å². The van der Waals surface area contributed by atoms with Gasteiger partial charge < -0.3 is 10.1 Å². The first kappa shape index (κ1) is 10.6. The smallest absolute Gasteiger partial charge is 0.144 e. The van der Waals surface area contributed by atoms with Gasteiger partial charge in [0.15, 0.2) is 0 Å². The summed E-state index contributed by atoms with van der Waals surface area (Å²) < 4.78 is 18.8. The average molecular weight is 230 g/mol. The van der Waals surface area contributed by atoms with Crippen LogP contribution in [0.5, 0.6) is 5.75 Å². The molecule has 0 amide bonds. The van der Waals surface area contributed by atoms with Gasteiger partial charge in [0.25, 0.3) is 0 Å². The highest BCUT2D eigenvalue weighted by atomic mass is 35.5. The Morgan fingerprint density at radius 1 is 1.47 bits per heavy atom. The molecule has 1 heterocycles. The molecule has 0 aromatic heterocycles. The van der Waals surface area contributed by atoms with Crippen LogP contribution in [-0.2, 0) is 0 Å². The Hall–Kier alpha value is -0.960. The highest BCUT2D eigenvalue weighted by Gasteiger charge is 2.24. The predicted molar refractivity (Wildman–Crippen MR) is 59.2 cm³/mol. The van der Waals surface area contributed by atoms with Gasteiger partial charge in [-0.15, -0.1) is 0 Å². The largest absolute Gasteiger partial charge is 0.491 e. The van der Waals surface area contributed by atoms with Crippen LogP contribution in [0.4, 0.5) is 10.1 Å². The molecule has 0 saturated carbocycles. The molecule has 1 aliphatic heterocycles. The first-order chi connectivity index (χ1) is 6.98. The van der Waals surface area contributed by atoms with Gasteiger partial charge >= 0.3 is 0 Å². The Balaban J connectivity index is 2.36. The molecule has 1 aromatic rings. The number of benzene rings is 1. The fourth-order valence-electron chi connectivity index (χ4n) is 1.44. The second-order valence-electron chi connectivity index (χ2n) is 4.57. The highest BCUT2D eigenvalue weighted by Crippen LogP contribution is 2.34. The topological polar surface area (TPSA) is 21.3 Å². The van der Waals surface area contributed by atoms with E-state index in [1.165, 1.54) is 12.1 Å². The van der Waals surface area contributed by atoms with E-state index in [0.29, 0.717) is 18.0 Å². The molecule has 0 bridgehead atoms. The number of anilines is 1. The summed E-state index contributed by atoms with van der Waals surface area (Å²) in [7, 11) is 0. The van der Waals surface area contributed by atoms with Crippen LogP contribution in [0.15, 0.2) is 12.1 Å². The second-order valence-corrected chi connectivity index (χ2v) is 4.98. The van der Waals surface area contributed by atoms with Crippen LogP contribution in [-0.4, -0.2) is 13.2 Å². The van der Waals surface area contributed by atoms with Crippen LogP contribution in [0.3, 0.4) is 0 Å². The lowest BCUT2D eigenvalue weighted by Gasteiger charge is -2.20. The molecule has 0 radical (unpaired) electrons. The normalized spacial score (nSPS) is 18.4. The molecular formula is C11H13ClFNO. The molecule has 15 heavy (non-hydrogen) atoms. The van der Waals surface area contributed by atoms with E-state index in [-0.39, 0.29) is 10.4 Å². The van der Waals surface area contributed by atoms with E-state index in [1.54, 1.807) is 0 Å². The van der Waals surface area contributed by atoms with E-state index in [4.69, 9.17) is 16.3 Å². The Bertz CT molecular complexity index is 357. The number of nitrogens with one attached hydrogen (secondary N) is 1. The van der Waals surface area contributed by atoms with E-state index in [9.17, 15) is 4.39 Å². The first-order valence-electron chi connectivity index (χ1n) is 4.84. The Kier molecular flexibility index (Phi) is 2.51. The van der Waals surface area contributed by atoms with Crippen molar-refractivity contribution in [2.24, 2.45) is 5.41 Å². The SMILES string of the molecule is CC1(C)CNc2cc(F)c(Cl)cc2OC1. The lowest BCUT2D eigenvalue weighted by Crippen LogP contribution is -2.27. The molecule has 0 spiro atoms. The highest BCUT2D eigenvalue weighted by molar-refractivity contribution is 6.31. The van der Waals surface area contributed by atoms with Gasteiger partial charge in [-0.1, -0.05) is 25.4 Å². The predicted octanol–water partition coefficient (Wildman–Crippen LogP) is 3.31. The molecule has 0 atom stereocenters. The molecule has 1 aromatic carbocycles. The minimum Gasteiger partial charge on any atom is -0.491 e. The maximum atomic E-state index is 13.2. The van der Waals surface area contributed by atoms with Gasteiger partial charge in [-0.05, 0) is 0 Å². The van der Waals surface area contributed by atoms with Crippen molar-refractivity contribution >= 4 is 17.3 Å². The minimum absolute atomic E-state index is 0.0297. The number of hydrogen-bond donors (Lipinski definition) is 1. The molecule has 0 fully saturated rings. The van der Waals surface area contributed by atoms with Crippen LogP contribution >= 0.6 is 11.6 Å². The van der Waals surface area contributed by atoms with Gasteiger partial charge in [-0.3, -0.25) is 0 Å². The van der Waals surface area contributed by atoms with Crippen molar-refractivity contribution in [2.75, 3.05) is 18.5 Å². The van der Waals surface area contributed by atoms with Crippen molar-refractivity contribution in [1.82, 2.24) is 0 Å². The quantitative estimate of drug-likeness (QED) is 0.737. The molecule has 0 saturated heterocycles. The van der Waals surface area contributed by atoms with Crippen molar-refractivity contribution in [2.45, 2.75) is 13.8 Å². The first-order valence-corrected chi connectivity index (χ1v) is 5.21. The maximum Gasteiger partial charge on any atom is 0.144 e. The van der Waals surface area contributed by atoms with E-state index in [1.807, 2.05) is 0 Å². The molecule has 2 nitrogen and oxygen atoms in total. The summed E-state index contributed by atoms with van der Waals surface area (Å²) in [6.07, 6.45) is 0. The lowest BCUT2D eigenvalue weighted by molar-refractivity contribution is 0.200. The summed E-state index contributed by atoms with van der Waals surface area (Å²) in [6.45, 7) is 5.52. The third kappa shape index (κ3) is 2.17. The Morgan fingerprint density at radius 2 is 2.20 bits per heavy atom. The fraction of sp³-hybridized carbons (Fsp3) is 0.455. The standard InChI is InChI=1S/C11H13ClFNO/c1-11(2)5-14-9-4-8(13)7(12)3-10(9)15-6-11/h3-4,14H,5-6H2,1-2H3. The van der Waals surface area contributed by atoms with Gasteiger partial charge in [-0.2, -0.15) is 0 Å². The average Bonchev–Trinajstić information content (AvgIpc) is 2.29. The van der Waals surface area contributed by atoms with Crippen molar-refractivity contribution in [3.8, 4) is 5.75 Å². The van der Waals surface area contributed by atoms with Gasteiger partial charge in [0.1, 0.15) is 11.6 Å².